The monoisotopic (exact) mass is 233 g/mol. The molecule has 1 saturated carbocycles. The molecular formula is C15H23NO. The standard InChI is InChI=1S/C15H23NO/c1-14(2)9-6-10-15(14,16)11-12-7-4-5-8-13(12)17-3/h4-5,7-8H,6,9-11,16H2,1-3H3. The van der Waals surface area contributed by atoms with Gasteiger partial charge in [0.05, 0.1) is 7.11 Å². The van der Waals surface area contributed by atoms with Crippen molar-refractivity contribution in [2.24, 2.45) is 11.1 Å². The third kappa shape index (κ3) is 2.19. The summed E-state index contributed by atoms with van der Waals surface area (Å²) < 4.78 is 5.41. The molecule has 0 spiro atoms. The fourth-order valence-corrected chi connectivity index (χ4v) is 2.95. The molecule has 1 aromatic carbocycles. The largest absolute Gasteiger partial charge is 0.496 e. The number of para-hydroxylation sites is 1. The first-order valence-electron chi connectivity index (χ1n) is 6.39. The molecule has 1 aliphatic carbocycles. The van der Waals surface area contributed by atoms with E-state index >= 15 is 0 Å². The van der Waals surface area contributed by atoms with E-state index in [-0.39, 0.29) is 11.0 Å². The van der Waals surface area contributed by atoms with Gasteiger partial charge in [0.15, 0.2) is 0 Å². The zero-order valence-corrected chi connectivity index (χ0v) is 11.1. The van der Waals surface area contributed by atoms with Crippen LogP contribution in [0.5, 0.6) is 5.75 Å². The van der Waals surface area contributed by atoms with Crippen LogP contribution in [-0.4, -0.2) is 12.6 Å². The van der Waals surface area contributed by atoms with Crippen molar-refractivity contribution in [2.75, 3.05) is 7.11 Å². The first kappa shape index (κ1) is 12.4. The van der Waals surface area contributed by atoms with Gasteiger partial charge in [0.25, 0.3) is 0 Å². The van der Waals surface area contributed by atoms with Crippen LogP contribution in [0.4, 0.5) is 0 Å². The average molecular weight is 233 g/mol. The fourth-order valence-electron chi connectivity index (χ4n) is 2.95. The number of hydrogen-bond acceptors (Lipinski definition) is 2. The van der Waals surface area contributed by atoms with Crippen LogP contribution in [0, 0.1) is 5.41 Å². The molecule has 1 fully saturated rings. The van der Waals surface area contributed by atoms with Gasteiger partial charge in [-0.3, -0.25) is 0 Å². The Morgan fingerprint density at radius 3 is 2.53 bits per heavy atom. The molecule has 0 heterocycles. The average Bonchev–Trinajstić information content (AvgIpc) is 2.54. The molecule has 2 N–H and O–H groups in total. The van der Waals surface area contributed by atoms with Gasteiger partial charge in [-0.2, -0.15) is 0 Å². The lowest BCUT2D eigenvalue weighted by atomic mass is 9.72. The lowest BCUT2D eigenvalue weighted by Crippen LogP contribution is -2.50. The van der Waals surface area contributed by atoms with Gasteiger partial charge < -0.3 is 10.5 Å². The molecule has 2 heteroatoms. The van der Waals surface area contributed by atoms with Gasteiger partial charge in [0.1, 0.15) is 5.75 Å². The van der Waals surface area contributed by atoms with Crippen LogP contribution in [0.3, 0.4) is 0 Å². The third-order valence-electron chi connectivity index (χ3n) is 4.47. The van der Waals surface area contributed by atoms with Gasteiger partial charge in [-0.25, -0.2) is 0 Å². The maximum absolute atomic E-state index is 6.64. The Balaban J connectivity index is 2.26. The first-order chi connectivity index (χ1) is 7.98. The molecule has 0 aromatic heterocycles. The smallest absolute Gasteiger partial charge is 0.122 e. The molecule has 0 radical (unpaired) electrons. The van der Waals surface area contributed by atoms with Crippen molar-refractivity contribution in [1.82, 2.24) is 0 Å². The highest BCUT2D eigenvalue weighted by Gasteiger charge is 2.45. The number of hydrogen-bond donors (Lipinski definition) is 1. The maximum Gasteiger partial charge on any atom is 0.122 e. The molecule has 0 saturated heterocycles. The molecule has 0 amide bonds. The summed E-state index contributed by atoms with van der Waals surface area (Å²) in [6, 6.07) is 8.21. The van der Waals surface area contributed by atoms with E-state index in [2.05, 4.69) is 26.0 Å². The lowest BCUT2D eigenvalue weighted by Gasteiger charge is -2.38. The topological polar surface area (TPSA) is 35.2 Å². The molecule has 2 rings (SSSR count). The molecule has 2 nitrogen and oxygen atoms in total. The number of ether oxygens (including phenoxy) is 1. The highest BCUT2D eigenvalue weighted by molar-refractivity contribution is 5.35. The van der Waals surface area contributed by atoms with Crippen LogP contribution in [-0.2, 0) is 6.42 Å². The Hall–Kier alpha value is -1.02. The Morgan fingerprint density at radius 1 is 1.24 bits per heavy atom. The predicted molar refractivity (Wildman–Crippen MR) is 71.2 cm³/mol. The van der Waals surface area contributed by atoms with E-state index in [1.165, 1.54) is 18.4 Å². The third-order valence-corrected chi connectivity index (χ3v) is 4.47. The Kier molecular flexibility index (Phi) is 3.17. The molecule has 94 valence electrons. The van der Waals surface area contributed by atoms with Crippen LogP contribution in [0.2, 0.25) is 0 Å². The molecule has 17 heavy (non-hydrogen) atoms. The Morgan fingerprint density at radius 2 is 1.94 bits per heavy atom. The minimum Gasteiger partial charge on any atom is -0.496 e. The van der Waals surface area contributed by atoms with E-state index in [0.29, 0.717) is 0 Å². The second-order valence-electron chi connectivity index (χ2n) is 5.88. The second kappa shape index (κ2) is 4.34. The highest BCUT2D eigenvalue weighted by Crippen LogP contribution is 2.46. The van der Waals surface area contributed by atoms with E-state index in [9.17, 15) is 0 Å². The van der Waals surface area contributed by atoms with E-state index in [4.69, 9.17) is 10.5 Å². The van der Waals surface area contributed by atoms with Crippen molar-refractivity contribution in [1.29, 1.82) is 0 Å². The minimum atomic E-state index is -0.0956. The van der Waals surface area contributed by atoms with E-state index in [1.807, 2.05) is 12.1 Å². The summed E-state index contributed by atoms with van der Waals surface area (Å²) in [7, 11) is 1.72. The van der Waals surface area contributed by atoms with Crippen LogP contribution in [0.15, 0.2) is 24.3 Å². The van der Waals surface area contributed by atoms with Gasteiger partial charge in [-0.1, -0.05) is 38.5 Å². The van der Waals surface area contributed by atoms with Crippen LogP contribution >= 0.6 is 0 Å². The number of methoxy groups -OCH3 is 1. The number of rotatable bonds is 3. The summed E-state index contributed by atoms with van der Waals surface area (Å²) >= 11 is 0. The summed E-state index contributed by atoms with van der Waals surface area (Å²) in [5.74, 6) is 0.958. The Bertz CT molecular complexity index is 400. The van der Waals surface area contributed by atoms with Crippen LogP contribution < -0.4 is 10.5 Å². The first-order valence-corrected chi connectivity index (χ1v) is 6.39. The van der Waals surface area contributed by atoms with Crippen molar-refractivity contribution in [3.8, 4) is 5.75 Å². The zero-order valence-electron chi connectivity index (χ0n) is 11.1. The molecule has 1 atom stereocenters. The van der Waals surface area contributed by atoms with Crippen molar-refractivity contribution < 1.29 is 4.74 Å². The van der Waals surface area contributed by atoms with Gasteiger partial charge in [0.2, 0.25) is 0 Å². The quantitative estimate of drug-likeness (QED) is 0.870. The number of nitrogens with two attached hydrogens (primary N) is 1. The van der Waals surface area contributed by atoms with Gasteiger partial charge in [-0.15, -0.1) is 0 Å². The van der Waals surface area contributed by atoms with Crippen molar-refractivity contribution in [2.45, 2.75) is 45.1 Å². The SMILES string of the molecule is COc1ccccc1CC1(N)CCCC1(C)C. The molecule has 1 unspecified atom stereocenters. The normalized spacial score (nSPS) is 27.1. The van der Waals surface area contributed by atoms with Gasteiger partial charge in [0, 0.05) is 5.54 Å². The predicted octanol–water partition coefficient (Wildman–Crippen LogP) is 3.15. The molecular weight excluding hydrogens is 210 g/mol. The van der Waals surface area contributed by atoms with E-state index in [0.717, 1.165) is 18.6 Å². The molecule has 1 aliphatic rings. The summed E-state index contributed by atoms with van der Waals surface area (Å²) in [6.45, 7) is 4.57. The highest BCUT2D eigenvalue weighted by atomic mass is 16.5. The van der Waals surface area contributed by atoms with E-state index < -0.39 is 0 Å². The molecule has 1 aromatic rings. The number of benzene rings is 1. The maximum atomic E-state index is 6.64. The summed E-state index contributed by atoms with van der Waals surface area (Å²) in [5, 5.41) is 0. The summed E-state index contributed by atoms with van der Waals surface area (Å²) in [4.78, 5) is 0. The minimum absolute atomic E-state index is 0.0956. The lowest BCUT2D eigenvalue weighted by molar-refractivity contribution is 0.205. The zero-order chi connectivity index (χ0) is 12.5. The van der Waals surface area contributed by atoms with Crippen LogP contribution in [0.25, 0.3) is 0 Å². The van der Waals surface area contributed by atoms with Gasteiger partial charge >= 0.3 is 0 Å². The summed E-state index contributed by atoms with van der Waals surface area (Å²) in [6.07, 6.45) is 4.47. The molecule has 0 aliphatic heterocycles. The summed E-state index contributed by atoms with van der Waals surface area (Å²) in [5.41, 5.74) is 7.99. The Labute approximate surface area is 104 Å². The van der Waals surface area contributed by atoms with Crippen molar-refractivity contribution in [3.05, 3.63) is 29.8 Å². The fraction of sp³-hybridized carbons (Fsp3) is 0.600. The van der Waals surface area contributed by atoms with Crippen LogP contribution in [0.1, 0.15) is 38.7 Å². The van der Waals surface area contributed by atoms with Gasteiger partial charge in [-0.05, 0) is 36.3 Å². The second-order valence-corrected chi connectivity index (χ2v) is 5.88. The van der Waals surface area contributed by atoms with Crippen molar-refractivity contribution >= 4 is 0 Å². The van der Waals surface area contributed by atoms with Crippen molar-refractivity contribution in [3.63, 3.8) is 0 Å². The van der Waals surface area contributed by atoms with E-state index in [1.54, 1.807) is 7.11 Å². The molecule has 0 bridgehead atoms.